The van der Waals surface area contributed by atoms with Crippen LogP contribution in [0.1, 0.15) is 49.7 Å². The van der Waals surface area contributed by atoms with E-state index < -0.39 is 11.7 Å². The van der Waals surface area contributed by atoms with E-state index in [1.165, 1.54) is 18.6 Å². The van der Waals surface area contributed by atoms with Gasteiger partial charge in [0.25, 0.3) is 0 Å². The molecule has 3 rings (SSSR count). The summed E-state index contributed by atoms with van der Waals surface area (Å²) in [5, 5.41) is 0. The summed E-state index contributed by atoms with van der Waals surface area (Å²) in [6.45, 7) is 0. The van der Waals surface area contributed by atoms with Crippen LogP contribution in [0.5, 0.6) is 0 Å². The lowest BCUT2D eigenvalue weighted by molar-refractivity contribution is -0.137. The Morgan fingerprint density at radius 1 is 1.00 bits per heavy atom. The summed E-state index contributed by atoms with van der Waals surface area (Å²) in [6, 6.07) is 5.03. The Hall–Kier alpha value is -1.58. The first-order valence-electron chi connectivity index (χ1n) is 7.87. The van der Waals surface area contributed by atoms with E-state index in [0.29, 0.717) is 11.5 Å². The van der Waals surface area contributed by atoms with Gasteiger partial charge in [-0.2, -0.15) is 13.2 Å². The molecule has 0 radical (unpaired) electrons. The summed E-state index contributed by atoms with van der Waals surface area (Å²) < 4.78 is 37.7. The van der Waals surface area contributed by atoms with E-state index in [1.54, 1.807) is 6.08 Å². The standard InChI is InChI=1S/C18H19F3O/c19-18(20,21)15-9-5-12(6-10-15)11-14-8-7-13-3-1-2-4-16(13)17(14)22/h5-6,9-11,13,16H,1-4,7-8H2/b14-11+/t13-,16-/m1/s1. The van der Waals surface area contributed by atoms with Crippen molar-refractivity contribution in [2.45, 2.75) is 44.7 Å². The Bertz CT molecular complexity index is 583. The van der Waals surface area contributed by atoms with Crippen molar-refractivity contribution in [3.05, 3.63) is 41.0 Å². The lowest BCUT2D eigenvalue weighted by atomic mass is 9.68. The van der Waals surface area contributed by atoms with Gasteiger partial charge in [-0.3, -0.25) is 4.79 Å². The molecule has 1 aromatic rings. The second kappa shape index (κ2) is 5.90. The first-order chi connectivity index (χ1) is 10.4. The maximum Gasteiger partial charge on any atom is 0.416 e. The monoisotopic (exact) mass is 308 g/mol. The molecule has 22 heavy (non-hydrogen) atoms. The Kier molecular flexibility index (Phi) is 4.11. The van der Waals surface area contributed by atoms with E-state index in [4.69, 9.17) is 0 Å². The number of ketones is 1. The summed E-state index contributed by atoms with van der Waals surface area (Å²) in [6.07, 6.45) is 3.67. The average Bonchev–Trinajstić information content (AvgIpc) is 2.50. The number of hydrogen-bond donors (Lipinski definition) is 0. The summed E-state index contributed by atoms with van der Waals surface area (Å²) in [5.41, 5.74) is 0.797. The molecule has 0 spiro atoms. The van der Waals surface area contributed by atoms with Crippen LogP contribution in [0.4, 0.5) is 13.2 Å². The Morgan fingerprint density at radius 2 is 1.68 bits per heavy atom. The number of benzene rings is 1. The highest BCUT2D eigenvalue weighted by atomic mass is 19.4. The van der Waals surface area contributed by atoms with E-state index >= 15 is 0 Å². The van der Waals surface area contributed by atoms with E-state index in [9.17, 15) is 18.0 Å². The van der Waals surface area contributed by atoms with Gasteiger partial charge in [0, 0.05) is 5.92 Å². The van der Waals surface area contributed by atoms with Crippen molar-refractivity contribution < 1.29 is 18.0 Å². The van der Waals surface area contributed by atoms with Crippen molar-refractivity contribution in [3.63, 3.8) is 0 Å². The fourth-order valence-corrected chi connectivity index (χ4v) is 3.71. The Balaban J connectivity index is 1.78. The van der Waals surface area contributed by atoms with Gasteiger partial charge in [0.1, 0.15) is 0 Å². The van der Waals surface area contributed by atoms with Gasteiger partial charge in [-0.1, -0.05) is 25.0 Å². The zero-order chi connectivity index (χ0) is 15.7. The topological polar surface area (TPSA) is 17.1 Å². The third-order valence-corrected chi connectivity index (χ3v) is 4.93. The van der Waals surface area contributed by atoms with Crippen LogP contribution in [-0.4, -0.2) is 5.78 Å². The van der Waals surface area contributed by atoms with Crippen molar-refractivity contribution >= 4 is 11.9 Å². The number of hydrogen-bond acceptors (Lipinski definition) is 1. The first kappa shape index (κ1) is 15.3. The minimum Gasteiger partial charge on any atom is -0.294 e. The van der Waals surface area contributed by atoms with Gasteiger partial charge in [-0.25, -0.2) is 0 Å². The van der Waals surface area contributed by atoms with Gasteiger partial charge in [-0.05, 0) is 60.9 Å². The molecule has 0 saturated heterocycles. The number of carbonyl (C=O) groups is 1. The fourth-order valence-electron chi connectivity index (χ4n) is 3.71. The molecule has 0 bridgehead atoms. The number of carbonyl (C=O) groups excluding carboxylic acids is 1. The second-order valence-corrected chi connectivity index (χ2v) is 6.34. The normalized spacial score (nSPS) is 27.8. The summed E-state index contributed by atoms with van der Waals surface area (Å²) >= 11 is 0. The first-order valence-corrected chi connectivity index (χ1v) is 7.87. The fraction of sp³-hybridized carbons (Fsp3) is 0.500. The molecule has 0 amide bonds. The van der Waals surface area contributed by atoms with Crippen LogP contribution in [0.3, 0.4) is 0 Å². The van der Waals surface area contributed by atoms with E-state index in [0.717, 1.165) is 49.8 Å². The number of fused-ring (bicyclic) bond motifs is 1. The predicted molar refractivity (Wildman–Crippen MR) is 79.1 cm³/mol. The largest absolute Gasteiger partial charge is 0.416 e. The molecule has 0 aromatic heterocycles. The highest BCUT2D eigenvalue weighted by Gasteiger charge is 2.36. The Labute approximate surface area is 128 Å². The quantitative estimate of drug-likeness (QED) is 0.647. The molecule has 2 aliphatic rings. The maximum atomic E-state index is 12.6. The zero-order valence-corrected chi connectivity index (χ0v) is 12.3. The van der Waals surface area contributed by atoms with Gasteiger partial charge in [-0.15, -0.1) is 0 Å². The molecular formula is C18H19F3O. The number of Topliss-reactive ketones (excluding diaryl/α,β-unsaturated/α-hetero) is 1. The van der Waals surface area contributed by atoms with Crippen LogP contribution in [0.15, 0.2) is 29.8 Å². The van der Waals surface area contributed by atoms with Crippen molar-refractivity contribution in [2.24, 2.45) is 11.8 Å². The van der Waals surface area contributed by atoms with E-state index in [1.807, 2.05) is 0 Å². The molecule has 118 valence electrons. The van der Waals surface area contributed by atoms with Crippen LogP contribution in [0, 0.1) is 11.8 Å². The van der Waals surface area contributed by atoms with Crippen LogP contribution in [0.2, 0.25) is 0 Å². The highest BCUT2D eigenvalue weighted by molar-refractivity contribution is 6.02. The summed E-state index contributed by atoms with van der Waals surface area (Å²) in [5.74, 6) is 0.880. The van der Waals surface area contributed by atoms with Crippen LogP contribution < -0.4 is 0 Å². The second-order valence-electron chi connectivity index (χ2n) is 6.34. The molecule has 1 aromatic carbocycles. The summed E-state index contributed by atoms with van der Waals surface area (Å²) in [7, 11) is 0. The highest BCUT2D eigenvalue weighted by Crippen LogP contribution is 2.41. The molecule has 0 heterocycles. The molecule has 2 saturated carbocycles. The maximum absolute atomic E-state index is 12.6. The SMILES string of the molecule is O=C1/C(=C/c2ccc(C(F)(F)F)cc2)CC[C@H]2CCCC[C@@H]12. The third kappa shape index (κ3) is 3.11. The molecule has 0 aliphatic heterocycles. The average molecular weight is 308 g/mol. The number of halogens is 3. The molecule has 2 atom stereocenters. The van der Waals surface area contributed by atoms with Crippen molar-refractivity contribution in [1.82, 2.24) is 0 Å². The lowest BCUT2D eigenvalue weighted by Gasteiger charge is -2.35. The zero-order valence-electron chi connectivity index (χ0n) is 12.3. The molecule has 0 unspecified atom stereocenters. The van der Waals surface area contributed by atoms with Gasteiger partial charge in [0.05, 0.1) is 5.56 Å². The van der Waals surface area contributed by atoms with Crippen LogP contribution >= 0.6 is 0 Å². The summed E-state index contributed by atoms with van der Waals surface area (Å²) in [4.78, 5) is 12.5. The predicted octanol–water partition coefficient (Wildman–Crippen LogP) is 5.26. The minimum atomic E-state index is -4.32. The molecule has 1 nitrogen and oxygen atoms in total. The lowest BCUT2D eigenvalue weighted by Crippen LogP contribution is -2.32. The van der Waals surface area contributed by atoms with Crippen LogP contribution in [-0.2, 0) is 11.0 Å². The third-order valence-electron chi connectivity index (χ3n) is 4.93. The van der Waals surface area contributed by atoms with E-state index in [-0.39, 0.29) is 11.7 Å². The Morgan fingerprint density at radius 3 is 2.36 bits per heavy atom. The molecule has 0 N–H and O–H groups in total. The smallest absolute Gasteiger partial charge is 0.294 e. The molecule has 4 heteroatoms. The number of allylic oxidation sites excluding steroid dienone is 1. The number of alkyl halides is 3. The van der Waals surface area contributed by atoms with Gasteiger partial charge in [0.2, 0.25) is 0 Å². The minimum absolute atomic E-state index is 0.142. The van der Waals surface area contributed by atoms with Crippen molar-refractivity contribution in [1.29, 1.82) is 0 Å². The van der Waals surface area contributed by atoms with E-state index in [2.05, 4.69) is 0 Å². The van der Waals surface area contributed by atoms with Crippen molar-refractivity contribution in [2.75, 3.05) is 0 Å². The van der Waals surface area contributed by atoms with Crippen LogP contribution in [0.25, 0.3) is 6.08 Å². The molecule has 2 aliphatic carbocycles. The van der Waals surface area contributed by atoms with Crippen molar-refractivity contribution in [3.8, 4) is 0 Å². The van der Waals surface area contributed by atoms with Gasteiger partial charge < -0.3 is 0 Å². The van der Waals surface area contributed by atoms with Gasteiger partial charge in [0.15, 0.2) is 5.78 Å². The molecule has 2 fully saturated rings. The molecular weight excluding hydrogens is 289 g/mol. The van der Waals surface area contributed by atoms with Gasteiger partial charge >= 0.3 is 6.18 Å². The number of rotatable bonds is 1.